The van der Waals surface area contributed by atoms with Gasteiger partial charge in [-0.2, -0.15) is 0 Å². The molecule has 4 nitrogen and oxygen atoms in total. The van der Waals surface area contributed by atoms with Gasteiger partial charge in [0.15, 0.2) is 0 Å². The highest BCUT2D eigenvalue weighted by Gasteiger charge is 2.18. The number of rotatable bonds is 5. The number of amides is 1. The molecule has 132 valence electrons. The van der Waals surface area contributed by atoms with E-state index < -0.39 is 11.9 Å². The van der Waals surface area contributed by atoms with Crippen LogP contribution in [-0.2, 0) is 11.2 Å². The molecular formula is C20H22FNO3. The van der Waals surface area contributed by atoms with Crippen LogP contribution in [0, 0.1) is 5.82 Å². The van der Waals surface area contributed by atoms with Crippen molar-refractivity contribution < 1.29 is 19.0 Å². The van der Waals surface area contributed by atoms with E-state index in [9.17, 15) is 14.3 Å². The molecule has 2 unspecified atom stereocenters. The van der Waals surface area contributed by atoms with Gasteiger partial charge in [0.2, 0.25) is 5.91 Å². The average Bonchev–Trinajstić information content (AvgIpc) is 2.61. The Morgan fingerprint density at radius 2 is 2.12 bits per heavy atom. The first-order valence-corrected chi connectivity index (χ1v) is 8.51. The van der Waals surface area contributed by atoms with E-state index in [0.717, 1.165) is 36.3 Å². The van der Waals surface area contributed by atoms with Crippen LogP contribution in [-0.4, -0.2) is 17.6 Å². The van der Waals surface area contributed by atoms with E-state index in [1.54, 1.807) is 6.07 Å². The summed E-state index contributed by atoms with van der Waals surface area (Å²) in [4.78, 5) is 12.2. The molecular weight excluding hydrogens is 321 g/mol. The van der Waals surface area contributed by atoms with Gasteiger partial charge in [-0.15, -0.1) is 0 Å². The summed E-state index contributed by atoms with van der Waals surface area (Å²) in [6.07, 6.45) is 0.834. The third-order valence-corrected chi connectivity index (χ3v) is 4.42. The first kappa shape index (κ1) is 17.4. The minimum Gasteiger partial charge on any atom is -0.493 e. The van der Waals surface area contributed by atoms with Crippen LogP contribution >= 0.6 is 0 Å². The Bertz CT molecular complexity index is 762. The van der Waals surface area contributed by atoms with Gasteiger partial charge >= 0.3 is 0 Å². The average molecular weight is 343 g/mol. The Balaban J connectivity index is 1.60. The molecule has 1 heterocycles. The highest BCUT2D eigenvalue weighted by Crippen LogP contribution is 2.28. The number of halogens is 1. The Kier molecular flexibility index (Phi) is 5.34. The highest BCUT2D eigenvalue weighted by molar-refractivity contribution is 5.77. The smallest absolute Gasteiger partial charge is 0.223 e. The Hall–Kier alpha value is -2.40. The molecule has 1 aliphatic heterocycles. The van der Waals surface area contributed by atoms with Gasteiger partial charge in [-0.25, -0.2) is 4.39 Å². The Labute approximate surface area is 146 Å². The maximum Gasteiger partial charge on any atom is 0.223 e. The van der Waals surface area contributed by atoms with Crippen molar-refractivity contribution in [3.05, 3.63) is 65.0 Å². The monoisotopic (exact) mass is 343 g/mol. The topological polar surface area (TPSA) is 58.6 Å². The second-order valence-corrected chi connectivity index (χ2v) is 6.38. The summed E-state index contributed by atoms with van der Waals surface area (Å²) in [5.74, 6) is 0.204. The van der Waals surface area contributed by atoms with Crippen molar-refractivity contribution >= 4 is 5.91 Å². The summed E-state index contributed by atoms with van der Waals surface area (Å²) in [6, 6.07) is 11.4. The molecule has 0 spiro atoms. The van der Waals surface area contributed by atoms with Gasteiger partial charge < -0.3 is 15.2 Å². The largest absolute Gasteiger partial charge is 0.493 e. The zero-order valence-electron chi connectivity index (χ0n) is 14.2. The van der Waals surface area contributed by atoms with E-state index in [1.165, 1.54) is 18.2 Å². The predicted molar refractivity (Wildman–Crippen MR) is 92.8 cm³/mol. The summed E-state index contributed by atoms with van der Waals surface area (Å²) in [5, 5.41) is 13.0. The van der Waals surface area contributed by atoms with Crippen LogP contribution in [0.15, 0.2) is 42.5 Å². The number of aliphatic hydroxyl groups is 1. The quantitative estimate of drug-likeness (QED) is 0.874. The number of benzene rings is 2. The molecule has 0 saturated carbocycles. The fraction of sp³-hybridized carbons (Fsp3) is 0.350. The van der Waals surface area contributed by atoms with Crippen molar-refractivity contribution in [3.63, 3.8) is 0 Å². The van der Waals surface area contributed by atoms with Crippen molar-refractivity contribution in [3.8, 4) is 5.75 Å². The molecule has 0 radical (unpaired) electrons. The van der Waals surface area contributed by atoms with E-state index in [0.29, 0.717) is 5.56 Å². The molecule has 0 bridgehead atoms. The first-order valence-electron chi connectivity index (χ1n) is 8.51. The second-order valence-electron chi connectivity index (χ2n) is 6.38. The van der Waals surface area contributed by atoms with E-state index in [1.807, 2.05) is 19.1 Å². The maximum absolute atomic E-state index is 13.2. The van der Waals surface area contributed by atoms with Gasteiger partial charge in [-0.1, -0.05) is 24.3 Å². The summed E-state index contributed by atoms with van der Waals surface area (Å²) < 4.78 is 18.8. The molecule has 2 N–H and O–H groups in total. The van der Waals surface area contributed by atoms with Crippen molar-refractivity contribution in [2.45, 2.75) is 38.3 Å². The second kappa shape index (κ2) is 7.66. The first-order chi connectivity index (χ1) is 12.0. The molecule has 1 amide bonds. The van der Waals surface area contributed by atoms with Crippen molar-refractivity contribution in [1.29, 1.82) is 0 Å². The number of nitrogens with one attached hydrogen (secondary N) is 1. The number of fused-ring (bicyclic) bond motifs is 1. The lowest BCUT2D eigenvalue weighted by Gasteiger charge is -2.21. The number of carbonyl (C=O) groups is 1. The Morgan fingerprint density at radius 1 is 1.28 bits per heavy atom. The van der Waals surface area contributed by atoms with Gasteiger partial charge in [-0.3, -0.25) is 4.79 Å². The molecule has 3 rings (SSSR count). The van der Waals surface area contributed by atoms with Crippen molar-refractivity contribution in [1.82, 2.24) is 5.32 Å². The fourth-order valence-corrected chi connectivity index (χ4v) is 3.04. The number of hydrogen-bond acceptors (Lipinski definition) is 3. The predicted octanol–water partition coefficient (Wildman–Crippen LogP) is 3.45. The van der Waals surface area contributed by atoms with E-state index >= 15 is 0 Å². The van der Waals surface area contributed by atoms with E-state index in [-0.39, 0.29) is 18.4 Å². The van der Waals surface area contributed by atoms with Crippen LogP contribution in [0.3, 0.4) is 0 Å². The van der Waals surface area contributed by atoms with E-state index in [4.69, 9.17) is 4.74 Å². The standard InChI is InChI=1S/C20H22FNO3/c1-13(14-7-8-19-16(10-14)5-3-9-25-19)22-20(24)12-18(23)15-4-2-6-17(21)11-15/h2,4,6-8,10-11,13,18,23H,3,5,9,12H2,1H3,(H,22,24). The van der Waals surface area contributed by atoms with Gasteiger partial charge in [-0.05, 0) is 54.7 Å². The number of aryl methyl sites for hydroxylation is 1. The maximum atomic E-state index is 13.2. The molecule has 2 aromatic carbocycles. The van der Waals surface area contributed by atoms with Gasteiger partial charge in [0, 0.05) is 0 Å². The van der Waals surface area contributed by atoms with E-state index in [2.05, 4.69) is 11.4 Å². The normalized spacial score (nSPS) is 15.6. The molecule has 5 heteroatoms. The number of hydrogen-bond donors (Lipinski definition) is 2. The molecule has 2 aromatic rings. The lowest BCUT2D eigenvalue weighted by Crippen LogP contribution is -2.28. The fourth-order valence-electron chi connectivity index (χ4n) is 3.04. The molecule has 2 atom stereocenters. The van der Waals surface area contributed by atoms with Crippen LogP contribution in [0.1, 0.15) is 48.6 Å². The highest BCUT2D eigenvalue weighted by atomic mass is 19.1. The van der Waals surface area contributed by atoms with Crippen molar-refractivity contribution in [2.75, 3.05) is 6.61 Å². The third kappa shape index (κ3) is 4.37. The molecule has 25 heavy (non-hydrogen) atoms. The number of ether oxygens (including phenoxy) is 1. The van der Waals surface area contributed by atoms with Crippen LogP contribution in [0.5, 0.6) is 5.75 Å². The SMILES string of the molecule is CC(NC(=O)CC(O)c1cccc(F)c1)c1ccc2c(c1)CCCO2. The summed E-state index contributed by atoms with van der Waals surface area (Å²) in [6.45, 7) is 2.65. The molecule has 0 aromatic heterocycles. The van der Waals surface area contributed by atoms with Gasteiger partial charge in [0.1, 0.15) is 11.6 Å². The third-order valence-electron chi connectivity index (χ3n) is 4.42. The molecule has 0 aliphatic carbocycles. The zero-order valence-corrected chi connectivity index (χ0v) is 14.2. The summed E-state index contributed by atoms with van der Waals surface area (Å²) in [7, 11) is 0. The van der Waals surface area contributed by atoms with Crippen LogP contribution in [0.2, 0.25) is 0 Å². The van der Waals surface area contributed by atoms with Crippen LogP contribution in [0.25, 0.3) is 0 Å². The summed E-state index contributed by atoms with van der Waals surface area (Å²) in [5.41, 5.74) is 2.55. The molecule has 0 saturated heterocycles. The van der Waals surface area contributed by atoms with Crippen molar-refractivity contribution in [2.24, 2.45) is 0 Å². The van der Waals surface area contributed by atoms with Gasteiger partial charge in [0.05, 0.1) is 25.2 Å². The molecule has 1 aliphatic rings. The van der Waals surface area contributed by atoms with Crippen LogP contribution < -0.4 is 10.1 Å². The lowest BCUT2D eigenvalue weighted by atomic mass is 9.99. The van der Waals surface area contributed by atoms with Crippen LogP contribution in [0.4, 0.5) is 4.39 Å². The minimum absolute atomic E-state index is 0.109. The zero-order chi connectivity index (χ0) is 17.8. The number of aliphatic hydroxyl groups excluding tert-OH is 1. The molecule has 0 fully saturated rings. The number of carbonyl (C=O) groups excluding carboxylic acids is 1. The summed E-state index contributed by atoms with van der Waals surface area (Å²) >= 11 is 0. The minimum atomic E-state index is -1.03. The van der Waals surface area contributed by atoms with Gasteiger partial charge in [0.25, 0.3) is 0 Å². The Morgan fingerprint density at radius 3 is 2.92 bits per heavy atom. The lowest BCUT2D eigenvalue weighted by molar-refractivity contribution is -0.123.